The van der Waals surface area contributed by atoms with E-state index in [1.54, 1.807) is 21.3 Å². The van der Waals surface area contributed by atoms with Crippen molar-refractivity contribution in [2.75, 3.05) is 26.6 Å². The van der Waals surface area contributed by atoms with Gasteiger partial charge in [0.05, 0.1) is 21.3 Å². The van der Waals surface area contributed by atoms with Crippen LogP contribution in [0, 0.1) is 11.8 Å². The SMILES string of the molecule is COc1cc(NC(=S)N[C@@H]2C[C@@H]3CC[C@@H]2C3)cc(OC)c1OC. The summed E-state index contributed by atoms with van der Waals surface area (Å²) in [6, 6.07) is 4.22. The van der Waals surface area contributed by atoms with Crippen LogP contribution in [0.15, 0.2) is 12.1 Å². The minimum atomic E-state index is 0.510. The highest BCUT2D eigenvalue weighted by Gasteiger charge is 2.39. The Morgan fingerprint density at radius 3 is 2.22 bits per heavy atom. The summed E-state index contributed by atoms with van der Waals surface area (Å²) in [4.78, 5) is 0. The number of benzene rings is 1. The van der Waals surface area contributed by atoms with E-state index in [2.05, 4.69) is 10.6 Å². The van der Waals surface area contributed by atoms with Gasteiger partial charge in [0.15, 0.2) is 16.6 Å². The fourth-order valence-corrected chi connectivity index (χ4v) is 4.18. The van der Waals surface area contributed by atoms with Crippen molar-refractivity contribution < 1.29 is 14.2 Å². The summed E-state index contributed by atoms with van der Waals surface area (Å²) in [5.41, 5.74) is 0.820. The standard InChI is InChI=1S/C17H24N2O3S/c1-20-14-8-12(9-15(21-2)16(14)22-3)18-17(23)19-13-7-10-4-5-11(13)6-10/h8-11,13H,4-7H2,1-3H3,(H2,18,19,23)/t10-,11-,13-/m1/s1. The summed E-state index contributed by atoms with van der Waals surface area (Å²) >= 11 is 5.47. The molecule has 0 unspecified atom stereocenters. The molecule has 1 aromatic carbocycles. The highest BCUT2D eigenvalue weighted by Crippen LogP contribution is 2.44. The molecule has 2 bridgehead atoms. The van der Waals surface area contributed by atoms with Crippen molar-refractivity contribution in [1.29, 1.82) is 0 Å². The molecule has 3 atom stereocenters. The molecule has 23 heavy (non-hydrogen) atoms. The third-order valence-electron chi connectivity index (χ3n) is 4.98. The van der Waals surface area contributed by atoms with Gasteiger partial charge in [-0.3, -0.25) is 0 Å². The molecule has 2 N–H and O–H groups in total. The Balaban J connectivity index is 1.68. The first-order valence-electron chi connectivity index (χ1n) is 8.02. The van der Waals surface area contributed by atoms with Crippen LogP contribution in [0.4, 0.5) is 5.69 Å². The Morgan fingerprint density at radius 1 is 1.04 bits per heavy atom. The van der Waals surface area contributed by atoms with Gasteiger partial charge in [-0.05, 0) is 43.3 Å². The van der Waals surface area contributed by atoms with Crippen molar-refractivity contribution in [2.45, 2.75) is 31.7 Å². The number of rotatable bonds is 5. The second-order valence-electron chi connectivity index (χ2n) is 6.29. The number of nitrogens with one attached hydrogen (secondary N) is 2. The van der Waals surface area contributed by atoms with Gasteiger partial charge in [-0.2, -0.15) is 0 Å². The predicted molar refractivity (Wildman–Crippen MR) is 94.7 cm³/mol. The third-order valence-corrected chi connectivity index (χ3v) is 5.20. The first-order valence-corrected chi connectivity index (χ1v) is 8.43. The van der Waals surface area contributed by atoms with Crippen LogP contribution in [0.2, 0.25) is 0 Å². The Labute approximate surface area is 142 Å². The molecule has 2 saturated carbocycles. The average molecular weight is 336 g/mol. The first-order chi connectivity index (χ1) is 11.1. The molecule has 0 spiro atoms. The van der Waals surface area contributed by atoms with Gasteiger partial charge in [0, 0.05) is 23.9 Å². The zero-order valence-corrected chi connectivity index (χ0v) is 14.7. The van der Waals surface area contributed by atoms with Crippen LogP contribution in [0.25, 0.3) is 0 Å². The summed E-state index contributed by atoms with van der Waals surface area (Å²) in [6.07, 6.45) is 5.30. The molecule has 6 heteroatoms. The fraction of sp³-hybridized carbons (Fsp3) is 0.588. The molecule has 2 fully saturated rings. The molecule has 5 nitrogen and oxygen atoms in total. The lowest BCUT2D eigenvalue weighted by atomic mass is 9.96. The third kappa shape index (κ3) is 3.32. The molecular weight excluding hydrogens is 312 g/mol. The number of methoxy groups -OCH3 is 3. The molecule has 3 rings (SSSR count). The predicted octanol–water partition coefficient (Wildman–Crippen LogP) is 3.19. The first kappa shape index (κ1) is 16.2. The van der Waals surface area contributed by atoms with Gasteiger partial charge in [0.2, 0.25) is 5.75 Å². The molecule has 0 saturated heterocycles. The minimum Gasteiger partial charge on any atom is -0.493 e. The highest BCUT2D eigenvalue weighted by atomic mass is 32.1. The molecule has 0 aliphatic heterocycles. The van der Waals surface area contributed by atoms with Crippen LogP contribution >= 0.6 is 12.2 Å². The quantitative estimate of drug-likeness (QED) is 0.806. The normalized spacial score (nSPS) is 25.1. The van der Waals surface area contributed by atoms with E-state index in [1.807, 2.05) is 12.1 Å². The Hall–Kier alpha value is -1.69. The van der Waals surface area contributed by atoms with Gasteiger partial charge >= 0.3 is 0 Å². The number of fused-ring (bicyclic) bond motifs is 2. The minimum absolute atomic E-state index is 0.510. The fourth-order valence-electron chi connectivity index (χ4n) is 3.91. The molecule has 0 heterocycles. The summed E-state index contributed by atoms with van der Waals surface area (Å²) in [7, 11) is 4.80. The monoisotopic (exact) mass is 336 g/mol. The van der Waals surface area contributed by atoms with Gasteiger partial charge in [-0.25, -0.2) is 0 Å². The Kier molecular flexibility index (Phi) is 4.80. The lowest BCUT2D eigenvalue weighted by molar-refractivity contribution is 0.324. The van der Waals surface area contributed by atoms with E-state index in [9.17, 15) is 0 Å². The van der Waals surface area contributed by atoms with Crippen LogP contribution in [0.1, 0.15) is 25.7 Å². The van der Waals surface area contributed by atoms with E-state index < -0.39 is 0 Å². The summed E-state index contributed by atoms with van der Waals surface area (Å²) in [5.74, 6) is 3.46. The van der Waals surface area contributed by atoms with Gasteiger partial charge in [0.25, 0.3) is 0 Å². The van der Waals surface area contributed by atoms with Crippen LogP contribution in [0.3, 0.4) is 0 Å². The maximum absolute atomic E-state index is 5.47. The lowest BCUT2D eigenvalue weighted by Gasteiger charge is -2.24. The van der Waals surface area contributed by atoms with Crippen LogP contribution in [-0.4, -0.2) is 32.5 Å². The second-order valence-corrected chi connectivity index (χ2v) is 6.70. The Bertz CT molecular complexity index is 568. The zero-order valence-electron chi connectivity index (χ0n) is 13.8. The van der Waals surface area contributed by atoms with Crippen molar-refractivity contribution >= 4 is 23.0 Å². The Morgan fingerprint density at radius 2 is 1.74 bits per heavy atom. The summed E-state index contributed by atoms with van der Waals surface area (Å²) < 4.78 is 16.1. The van der Waals surface area contributed by atoms with Gasteiger partial charge < -0.3 is 24.8 Å². The molecule has 0 aromatic heterocycles. The molecule has 0 amide bonds. The van der Waals surface area contributed by atoms with Crippen molar-refractivity contribution in [2.24, 2.45) is 11.8 Å². The number of hydrogen-bond acceptors (Lipinski definition) is 4. The lowest BCUT2D eigenvalue weighted by Crippen LogP contribution is -2.40. The molecule has 0 radical (unpaired) electrons. The van der Waals surface area contributed by atoms with Crippen LogP contribution in [0.5, 0.6) is 17.2 Å². The van der Waals surface area contributed by atoms with E-state index in [1.165, 1.54) is 25.7 Å². The zero-order chi connectivity index (χ0) is 16.4. The second kappa shape index (κ2) is 6.83. The van der Waals surface area contributed by atoms with E-state index in [0.29, 0.717) is 28.4 Å². The van der Waals surface area contributed by atoms with E-state index in [-0.39, 0.29) is 0 Å². The number of anilines is 1. The van der Waals surface area contributed by atoms with Crippen LogP contribution < -0.4 is 24.8 Å². The maximum atomic E-state index is 5.47. The number of hydrogen-bond donors (Lipinski definition) is 2. The molecule has 126 valence electrons. The summed E-state index contributed by atoms with van der Waals surface area (Å²) in [5, 5.41) is 7.35. The van der Waals surface area contributed by atoms with Crippen molar-refractivity contribution in [3.8, 4) is 17.2 Å². The van der Waals surface area contributed by atoms with Crippen molar-refractivity contribution in [3.63, 3.8) is 0 Å². The number of ether oxygens (including phenoxy) is 3. The topological polar surface area (TPSA) is 51.8 Å². The van der Waals surface area contributed by atoms with Crippen molar-refractivity contribution in [3.05, 3.63) is 12.1 Å². The van der Waals surface area contributed by atoms with Crippen LogP contribution in [-0.2, 0) is 0 Å². The van der Waals surface area contributed by atoms with E-state index in [0.717, 1.165) is 17.5 Å². The average Bonchev–Trinajstić information content (AvgIpc) is 3.16. The molecule has 1 aromatic rings. The van der Waals surface area contributed by atoms with Crippen molar-refractivity contribution in [1.82, 2.24) is 5.32 Å². The largest absolute Gasteiger partial charge is 0.493 e. The molecule has 2 aliphatic rings. The van der Waals surface area contributed by atoms with E-state index >= 15 is 0 Å². The molecule has 2 aliphatic carbocycles. The highest BCUT2D eigenvalue weighted by molar-refractivity contribution is 7.80. The number of thiocarbonyl (C=S) groups is 1. The maximum Gasteiger partial charge on any atom is 0.203 e. The molecular formula is C17H24N2O3S. The van der Waals surface area contributed by atoms with Gasteiger partial charge in [-0.15, -0.1) is 0 Å². The van der Waals surface area contributed by atoms with Gasteiger partial charge in [0.1, 0.15) is 0 Å². The van der Waals surface area contributed by atoms with Gasteiger partial charge in [-0.1, -0.05) is 6.42 Å². The smallest absolute Gasteiger partial charge is 0.203 e. The van der Waals surface area contributed by atoms with E-state index in [4.69, 9.17) is 26.4 Å². The summed E-state index contributed by atoms with van der Waals surface area (Å²) in [6.45, 7) is 0.